The monoisotopic (exact) mass is 610 g/mol. The zero-order valence-electron chi connectivity index (χ0n) is 25.6. The van der Waals surface area contributed by atoms with Crippen LogP contribution in [0.1, 0.15) is 83.6 Å². The maximum Gasteiger partial charge on any atom is 0.328 e. The number of phenols is 1. The maximum atomic E-state index is 13.0. The molecule has 4 aliphatic carbocycles. The van der Waals surface area contributed by atoms with Crippen molar-refractivity contribution in [2.24, 2.45) is 28.6 Å². The van der Waals surface area contributed by atoms with Crippen molar-refractivity contribution in [3.8, 4) is 5.75 Å². The number of hydrogen-bond donors (Lipinski definition) is 2. The molecule has 1 amide bonds. The summed E-state index contributed by atoms with van der Waals surface area (Å²) >= 11 is 0. The van der Waals surface area contributed by atoms with Crippen molar-refractivity contribution in [1.82, 2.24) is 5.32 Å². The van der Waals surface area contributed by atoms with Gasteiger partial charge in [-0.1, -0.05) is 25.5 Å². The molecule has 3 fully saturated rings. The number of ether oxygens (including phenoxy) is 2. The number of nitrogens with zero attached hydrogens (tertiary/aromatic N) is 1. The summed E-state index contributed by atoms with van der Waals surface area (Å²) in [4.78, 5) is 60.6. The molecule has 1 aromatic rings. The molecule has 0 unspecified atom stereocenters. The first kappa shape index (κ1) is 31.7. The predicted molar refractivity (Wildman–Crippen MR) is 158 cm³/mol. The third-order valence-corrected chi connectivity index (χ3v) is 11.2. The minimum atomic E-state index is -1.13. The van der Waals surface area contributed by atoms with E-state index in [0.29, 0.717) is 29.7 Å². The van der Waals surface area contributed by atoms with Crippen molar-refractivity contribution >= 4 is 29.3 Å². The molecule has 11 nitrogen and oxygen atoms in total. The van der Waals surface area contributed by atoms with Gasteiger partial charge in [-0.15, -0.1) is 0 Å². The van der Waals surface area contributed by atoms with Gasteiger partial charge in [0.15, 0.2) is 11.5 Å². The lowest BCUT2D eigenvalue weighted by atomic mass is 9.47. The van der Waals surface area contributed by atoms with Crippen LogP contribution < -0.4 is 5.32 Å². The number of carbonyl (C=O) groups is 4. The molecule has 0 saturated heterocycles. The van der Waals surface area contributed by atoms with E-state index in [-0.39, 0.29) is 42.0 Å². The third-order valence-electron chi connectivity index (χ3n) is 11.2. The molecule has 3 saturated carbocycles. The zero-order chi connectivity index (χ0) is 31.8. The lowest BCUT2D eigenvalue weighted by Gasteiger charge is -2.57. The molecule has 0 aromatic heterocycles. The summed E-state index contributed by atoms with van der Waals surface area (Å²) in [5, 5.41) is 23.4. The number of aromatic hydroxyl groups is 1. The van der Waals surface area contributed by atoms with E-state index in [1.165, 1.54) is 18.7 Å². The molecule has 44 heavy (non-hydrogen) atoms. The lowest BCUT2D eigenvalue weighted by molar-refractivity contribution is -0.385. The number of carbonyl (C=O) groups excluding carboxylic acids is 4. The molecule has 1 aromatic carbocycles. The van der Waals surface area contributed by atoms with Crippen molar-refractivity contribution in [3.63, 3.8) is 0 Å². The molecule has 238 valence electrons. The van der Waals surface area contributed by atoms with Crippen LogP contribution in [-0.2, 0) is 35.1 Å². The lowest BCUT2D eigenvalue weighted by Crippen LogP contribution is -2.51. The highest BCUT2D eigenvalue weighted by Gasteiger charge is 2.60. The highest BCUT2D eigenvalue weighted by Crippen LogP contribution is 2.65. The van der Waals surface area contributed by atoms with Gasteiger partial charge in [0.25, 0.3) is 0 Å². The van der Waals surface area contributed by atoms with Gasteiger partial charge >= 0.3 is 17.6 Å². The summed E-state index contributed by atoms with van der Waals surface area (Å²) in [7, 11) is 1.17. The van der Waals surface area contributed by atoms with Crippen molar-refractivity contribution in [1.29, 1.82) is 0 Å². The topological polar surface area (TPSA) is 162 Å². The van der Waals surface area contributed by atoms with Crippen LogP contribution in [0.25, 0.3) is 0 Å². The number of rotatable bonds is 9. The molecule has 7 atom stereocenters. The van der Waals surface area contributed by atoms with Crippen LogP contribution in [0.15, 0.2) is 29.8 Å². The number of benzene rings is 1. The first-order valence-corrected chi connectivity index (χ1v) is 15.6. The highest BCUT2D eigenvalue weighted by atomic mass is 16.6. The Morgan fingerprint density at radius 1 is 1.09 bits per heavy atom. The minimum absolute atomic E-state index is 0.0827. The SMILES string of the molecule is COC(=O)[C@@H](Cc1ccc(O)c([N+](=O)[O-])c1)NC(=O)CCC(=O)O[C@@H]1CC[C@H]2[C@@H]3CCC4=CC(=O)CC[C@]4(C)[C@H]3CC[C@]12C. The first-order chi connectivity index (χ1) is 20.9. The van der Waals surface area contributed by atoms with Crippen LogP contribution in [-0.4, -0.2) is 52.9 Å². The standard InChI is InChI=1S/C33H42N2O9/c1-32-14-12-21(36)18-20(32)5-6-22-23-7-9-28(33(23,2)15-13-24(22)32)44-30(39)11-10-29(38)34-25(31(40)43-3)16-19-4-8-27(37)26(17-19)35(41)42/h4,8,17-18,22-25,28,37H,5-7,9-16H2,1-3H3,(H,34,38)/t22-,23-,24-,25+,28+,32-,33-/m0/s1. The molecule has 4 aliphatic rings. The number of fused-ring (bicyclic) bond motifs is 5. The summed E-state index contributed by atoms with van der Waals surface area (Å²) < 4.78 is 10.8. The molecule has 0 spiro atoms. The quantitative estimate of drug-likeness (QED) is 0.229. The Labute approximate surface area is 256 Å². The molecular weight excluding hydrogens is 568 g/mol. The van der Waals surface area contributed by atoms with Crippen molar-refractivity contribution in [2.45, 2.75) is 96.6 Å². The Hall–Kier alpha value is -3.76. The average Bonchev–Trinajstić information content (AvgIpc) is 3.32. The van der Waals surface area contributed by atoms with Crippen molar-refractivity contribution in [2.75, 3.05) is 7.11 Å². The molecule has 0 heterocycles. The number of allylic oxidation sites excluding steroid dienone is 1. The Morgan fingerprint density at radius 3 is 2.59 bits per heavy atom. The van der Waals surface area contributed by atoms with E-state index in [2.05, 4.69) is 19.2 Å². The van der Waals surface area contributed by atoms with Crippen LogP contribution in [0, 0.1) is 38.7 Å². The average molecular weight is 611 g/mol. The smallest absolute Gasteiger partial charge is 0.328 e. The van der Waals surface area contributed by atoms with E-state index in [4.69, 9.17) is 9.47 Å². The fourth-order valence-electron chi connectivity index (χ4n) is 8.82. The van der Waals surface area contributed by atoms with Crippen LogP contribution in [0.2, 0.25) is 0 Å². The largest absolute Gasteiger partial charge is 0.502 e. The van der Waals surface area contributed by atoms with Crippen LogP contribution in [0.3, 0.4) is 0 Å². The summed E-state index contributed by atoms with van der Waals surface area (Å²) in [5.41, 5.74) is 1.13. The van der Waals surface area contributed by atoms with Crippen molar-refractivity contribution in [3.05, 3.63) is 45.5 Å². The second kappa shape index (κ2) is 12.3. The summed E-state index contributed by atoms with van der Waals surface area (Å²) in [6.07, 6.45) is 8.66. The van der Waals surface area contributed by atoms with Gasteiger partial charge in [-0.2, -0.15) is 0 Å². The Bertz CT molecular complexity index is 1390. The summed E-state index contributed by atoms with van der Waals surface area (Å²) in [5.74, 6) is -0.455. The van der Waals surface area contributed by atoms with Gasteiger partial charge < -0.3 is 19.9 Å². The number of amides is 1. The number of hydrogen-bond acceptors (Lipinski definition) is 9. The van der Waals surface area contributed by atoms with E-state index >= 15 is 0 Å². The number of phenolic OH excluding ortho intramolecular Hbond substituents is 1. The Morgan fingerprint density at radius 2 is 1.86 bits per heavy atom. The third kappa shape index (κ3) is 5.97. The highest BCUT2D eigenvalue weighted by molar-refractivity contribution is 5.91. The normalized spacial score (nSPS) is 31.4. The van der Waals surface area contributed by atoms with E-state index in [1.807, 2.05) is 6.08 Å². The zero-order valence-corrected chi connectivity index (χ0v) is 25.6. The second-order valence-electron chi connectivity index (χ2n) is 13.5. The van der Waals surface area contributed by atoms with E-state index in [0.717, 1.165) is 57.1 Å². The van der Waals surface area contributed by atoms with Gasteiger partial charge in [0.2, 0.25) is 5.91 Å². The van der Waals surface area contributed by atoms with Gasteiger partial charge in [-0.3, -0.25) is 24.5 Å². The molecule has 0 radical (unpaired) electrons. The molecule has 0 aliphatic heterocycles. The molecule has 5 rings (SSSR count). The van der Waals surface area contributed by atoms with Gasteiger partial charge in [0.1, 0.15) is 12.1 Å². The van der Waals surface area contributed by atoms with Gasteiger partial charge in [0, 0.05) is 30.7 Å². The van der Waals surface area contributed by atoms with Crippen LogP contribution >= 0.6 is 0 Å². The van der Waals surface area contributed by atoms with E-state index < -0.39 is 40.2 Å². The molecule has 11 heteroatoms. The van der Waals surface area contributed by atoms with Crippen molar-refractivity contribution < 1.29 is 38.7 Å². The number of methoxy groups -OCH3 is 1. The first-order valence-electron chi connectivity index (χ1n) is 15.6. The number of ketones is 1. The Kier molecular flexibility index (Phi) is 8.87. The van der Waals surface area contributed by atoms with E-state index in [1.54, 1.807) is 0 Å². The van der Waals surface area contributed by atoms with Gasteiger partial charge in [-0.05, 0) is 85.8 Å². The van der Waals surface area contributed by atoms with Gasteiger partial charge in [0.05, 0.1) is 18.5 Å². The van der Waals surface area contributed by atoms with Gasteiger partial charge in [-0.25, -0.2) is 4.79 Å². The fraction of sp³-hybridized carbons (Fsp3) is 0.636. The second-order valence-corrected chi connectivity index (χ2v) is 13.5. The number of nitro groups is 1. The maximum absolute atomic E-state index is 13.0. The van der Waals surface area contributed by atoms with E-state index in [9.17, 15) is 34.4 Å². The fourth-order valence-corrected chi connectivity index (χ4v) is 8.82. The van der Waals surface area contributed by atoms with Crippen LogP contribution in [0.5, 0.6) is 5.75 Å². The predicted octanol–water partition coefficient (Wildman–Crippen LogP) is 4.72. The van der Waals surface area contributed by atoms with Crippen LogP contribution in [0.4, 0.5) is 5.69 Å². The summed E-state index contributed by atoms with van der Waals surface area (Å²) in [6.45, 7) is 4.60. The Balaban J connectivity index is 1.16. The molecule has 0 bridgehead atoms. The number of nitrogens with one attached hydrogen (secondary N) is 1. The number of nitro benzene ring substituents is 1. The molecule has 2 N–H and O–H groups in total. The summed E-state index contributed by atoms with van der Waals surface area (Å²) in [6, 6.07) is 2.58. The minimum Gasteiger partial charge on any atom is -0.502 e. The molecular formula is C33H42N2O9. The number of esters is 2.